The fourth-order valence-electron chi connectivity index (χ4n) is 2.21. The summed E-state index contributed by atoms with van der Waals surface area (Å²) < 4.78 is 24.4. The van der Waals surface area contributed by atoms with Crippen LogP contribution in [0.4, 0.5) is 4.39 Å². The molecule has 2 aliphatic heterocycles. The minimum Gasteiger partial charge on any atom is -0.486 e. The number of rotatable bonds is 1. The average Bonchev–Trinajstić information content (AvgIpc) is 2.81. The predicted molar refractivity (Wildman–Crippen MR) is 56.8 cm³/mol. The number of fused-ring (bicyclic) bond motifs is 1. The zero-order chi connectivity index (χ0) is 11.0. The summed E-state index contributed by atoms with van der Waals surface area (Å²) in [5.41, 5.74) is 0.864. The molecule has 2 aliphatic rings. The Kier molecular flexibility index (Phi) is 2.44. The van der Waals surface area contributed by atoms with E-state index in [0.29, 0.717) is 24.7 Å². The van der Waals surface area contributed by atoms with Gasteiger partial charge in [-0.25, -0.2) is 4.39 Å². The van der Waals surface area contributed by atoms with Gasteiger partial charge in [-0.15, -0.1) is 0 Å². The number of hydrogen-bond acceptors (Lipinski definition) is 3. The maximum Gasteiger partial charge on any atom is 0.166 e. The molecule has 0 amide bonds. The van der Waals surface area contributed by atoms with E-state index in [4.69, 9.17) is 9.47 Å². The third-order valence-electron chi connectivity index (χ3n) is 2.93. The minimum absolute atomic E-state index is 0.145. The monoisotopic (exact) mass is 222 g/mol. The van der Waals surface area contributed by atoms with Gasteiger partial charge in [-0.1, -0.05) is 0 Å². The van der Waals surface area contributed by atoms with Gasteiger partial charge in [0.25, 0.3) is 0 Å². The highest BCUT2D eigenvalue weighted by Gasteiger charge is 2.25. The van der Waals surface area contributed by atoms with Gasteiger partial charge in [-0.05, 0) is 18.9 Å². The lowest BCUT2D eigenvalue weighted by atomic mass is 10.0. The van der Waals surface area contributed by atoms with Crippen LogP contribution in [-0.4, -0.2) is 13.2 Å². The van der Waals surface area contributed by atoms with Gasteiger partial charge < -0.3 is 14.8 Å². The second kappa shape index (κ2) is 3.94. The van der Waals surface area contributed by atoms with Crippen LogP contribution >= 0.6 is 0 Å². The first-order chi connectivity index (χ1) is 7.84. The van der Waals surface area contributed by atoms with Crippen molar-refractivity contribution in [3.63, 3.8) is 0 Å². The molecule has 0 aromatic heterocycles. The zero-order valence-corrected chi connectivity index (χ0v) is 8.83. The molecule has 1 N–H and O–H groups in total. The Balaban J connectivity index is 2.04. The summed E-state index contributed by atoms with van der Waals surface area (Å²) in [6.45, 7) is 3.02. The van der Waals surface area contributed by atoms with E-state index in [0.717, 1.165) is 18.4 Å². The molecule has 1 unspecified atom stereocenters. The summed E-state index contributed by atoms with van der Waals surface area (Å²) in [6, 6.07) is 3.06. The average molecular weight is 222 g/mol. The van der Waals surface area contributed by atoms with Crippen molar-refractivity contribution in [2.24, 2.45) is 0 Å². The largest absolute Gasteiger partial charge is 0.486 e. The van der Waals surface area contributed by atoms with E-state index in [9.17, 15) is 4.39 Å². The quantitative estimate of drug-likeness (QED) is 0.790. The third kappa shape index (κ3) is 1.63. The van der Waals surface area contributed by atoms with Crippen LogP contribution in [0.3, 0.4) is 0 Å². The lowest BCUT2D eigenvalue weighted by Crippen LogP contribution is -2.19. The molecule has 3 rings (SSSR count). The Morgan fingerprint density at radius 1 is 1.25 bits per heavy atom. The summed E-state index contributed by atoms with van der Waals surface area (Å²) in [6.07, 6.45) is 1.97. The smallest absolute Gasteiger partial charge is 0.166 e. The van der Waals surface area contributed by atoms with Crippen molar-refractivity contribution < 1.29 is 13.9 Å². The van der Waals surface area contributed by atoms with Crippen molar-refractivity contribution in [1.29, 1.82) is 0 Å². The molecule has 1 saturated heterocycles. The van der Waals surface area contributed by atoms with E-state index in [-0.39, 0.29) is 11.9 Å². The van der Waals surface area contributed by atoms with Gasteiger partial charge in [0.05, 0.1) is 0 Å². The van der Waals surface area contributed by atoms with Gasteiger partial charge >= 0.3 is 0 Å². The number of ether oxygens (including phenoxy) is 2. The summed E-state index contributed by atoms with van der Waals surface area (Å²) >= 11 is 0. The highest BCUT2D eigenvalue weighted by Crippen LogP contribution is 2.40. The number of nitrogens with one attached hydrogen (secondary N) is 1. The number of benzene rings is 1. The highest BCUT2D eigenvalue weighted by molar-refractivity contribution is 5.49. The van der Waals surface area contributed by atoms with Gasteiger partial charge in [0.1, 0.15) is 19.0 Å². The molecule has 1 aromatic rings. The highest BCUT2D eigenvalue weighted by atomic mass is 19.1. The molecule has 1 radical (unpaired) electrons. The van der Waals surface area contributed by atoms with Crippen molar-refractivity contribution >= 4 is 0 Å². The molecule has 1 fully saturated rings. The van der Waals surface area contributed by atoms with E-state index >= 15 is 0 Å². The SMILES string of the molecule is Fc1cc2c(c(C3CC[CH]N3)c1)OCCO2. The van der Waals surface area contributed by atoms with Gasteiger partial charge in [0.2, 0.25) is 0 Å². The van der Waals surface area contributed by atoms with Crippen molar-refractivity contribution in [2.75, 3.05) is 13.2 Å². The summed E-state index contributed by atoms with van der Waals surface area (Å²) in [5.74, 6) is 0.948. The molecular weight excluding hydrogens is 209 g/mol. The molecule has 4 heteroatoms. The molecule has 1 atom stereocenters. The van der Waals surface area contributed by atoms with Crippen molar-refractivity contribution in [2.45, 2.75) is 18.9 Å². The number of halogens is 1. The van der Waals surface area contributed by atoms with E-state index < -0.39 is 0 Å². The Morgan fingerprint density at radius 2 is 2.12 bits per heavy atom. The molecule has 0 aliphatic carbocycles. The van der Waals surface area contributed by atoms with Crippen LogP contribution in [0.1, 0.15) is 24.4 Å². The van der Waals surface area contributed by atoms with Crippen LogP contribution in [0.15, 0.2) is 12.1 Å². The van der Waals surface area contributed by atoms with Crippen molar-refractivity contribution in [3.05, 3.63) is 30.1 Å². The van der Waals surface area contributed by atoms with E-state index in [1.54, 1.807) is 0 Å². The molecule has 3 nitrogen and oxygen atoms in total. The number of hydrogen-bond donors (Lipinski definition) is 1. The van der Waals surface area contributed by atoms with Crippen LogP contribution in [0, 0.1) is 12.4 Å². The van der Waals surface area contributed by atoms with Crippen LogP contribution in [0.25, 0.3) is 0 Å². The summed E-state index contributed by atoms with van der Waals surface area (Å²) in [7, 11) is 0. The third-order valence-corrected chi connectivity index (χ3v) is 2.93. The fourth-order valence-corrected chi connectivity index (χ4v) is 2.21. The topological polar surface area (TPSA) is 30.5 Å². The maximum atomic E-state index is 13.4. The lowest BCUT2D eigenvalue weighted by molar-refractivity contribution is 0.168. The minimum atomic E-state index is -0.270. The van der Waals surface area contributed by atoms with Crippen LogP contribution in [-0.2, 0) is 0 Å². The summed E-state index contributed by atoms with van der Waals surface area (Å²) in [4.78, 5) is 0. The molecule has 0 spiro atoms. The Bertz CT molecular complexity index is 402. The maximum absolute atomic E-state index is 13.4. The fraction of sp³-hybridized carbons (Fsp3) is 0.417. The van der Waals surface area contributed by atoms with Gasteiger partial charge in [0.15, 0.2) is 11.5 Å². The van der Waals surface area contributed by atoms with Gasteiger partial charge in [-0.2, -0.15) is 0 Å². The second-order valence-electron chi connectivity index (χ2n) is 4.02. The molecule has 85 valence electrons. The van der Waals surface area contributed by atoms with E-state index in [1.807, 2.05) is 6.54 Å². The van der Waals surface area contributed by atoms with Crippen LogP contribution < -0.4 is 14.8 Å². The molecule has 0 bridgehead atoms. The van der Waals surface area contributed by atoms with Crippen LogP contribution in [0.5, 0.6) is 11.5 Å². The second-order valence-corrected chi connectivity index (χ2v) is 4.02. The van der Waals surface area contributed by atoms with Crippen molar-refractivity contribution in [3.8, 4) is 11.5 Å². The molecular formula is C12H13FNO2. The van der Waals surface area contributed by atoms with Crippen LogP contribution in [0.2, 0.25) is 0 Å². The summed E-state index contributed by atoms with van der Waals surface area (Å²) in [5, 5.41) is 3.22. The molecule has 0 saturated carbocycles. The standard InChI is InChI=1S/C12H13FNO2/c13-8-6-9(10-2-1-3-14-10)12-11(7-8)15-4-5-16-12/h3,6-7,10,14H,1-2,4-5H2. The first kappa shape index (κ1) is 9.90. The Hall–Kier alpha value is -1.29. The van der Waals surface area contributed by atoms with Gasteiger partial charge in [0, 0.05) is 24.2 Å². The Labute approximate surface area is 93.6 Å². The Morgan fingerprint density at radius 3 is 2.94 bits per heavy atom. The van der Waals surface area contributed by atoms with Gasteiger partial charge in [-0.3, -0.25) is 0 Å². The molecule has 2 heterocycles. The van der Waals surface area contributed by atoms with Crippen molar-refractivity contribution in [1.82, 2.24) is 5.32 Å². The first-order valence-electron chi connectivity index (χ1n) is 5.51. The predicted octanol–water partition coefficient (Wildman–Crippen LogP) is 2.18. The van der Waals surface area contributed by atoms with E-state index in [2.05, 4.69) is 5.32 Å². The first-order valence-corrected chi connectivity index (χ1v) is 5.51. The normalized spacial score (nSPS) is 23.4. The molecule has 1 aromatic carbocycles. The zero-order valence-electron chi connectivity index (χ0n) is 8.83. The molecule has 16 heavy (non-hydrogen) atoms. The lowest BCUT2D eigenvalue weighted by Gasteiger charge is -2.23. The van der Waals surface area contributed by atoms with E-state index in [1.165, 1.54) is 12.1 Å².